The Hall–Kier alpha value is -1.31. The van der Waals surface area contributed by atoms with Crippen molar-refractivity contribution in [2.24, 2.45) is 5.92 Å². The fraction of sp³-hybridized carbons (Fsp3) is 0.857. The largest absolute Gasteiger partial charge is 0.389 e. The second kappa shape index (κ2) is 7.30. The third-order valence-electron chi connectivity index (χ3n) is 4.06. The van der Waals surface area contributed by atoms with Gasteiger partial charge in [0.2, 0.25) is 11.8 Å². The number of alkyl halides is 3. The van der Waals surface area contributed by atoms with Crippen molar-refractivity contribution in [2.75, 3.05) is 39.4 Å². The summed E-state index contributed by atoms with van der Waals surface area (Å²) in [6.45, 7) is 2.65. The van der Waals surface area contributed by atoms with Crippen molar-refractivity contribution in [1.29, 1.82) is 0 Å². The molecule has 0 saturated carbocycles. The fourth-order valence-corrected chi connectivity index (χ4v) is 2.78. The molecule has 0 aromatic rings. The third-order valence-corrected chi connectivity index (χ3v) is 4.06. The number of hydrogen-bond donors (Lipinski definition) is 0. The molecular formula is C14H21F3N2O3. The van der Waals surface area contributed by atoms with E-state index in [0.29, 0.717) is 52.2 Å². The van der Waals surface area contributed by atoms with Crippen LogP contribution in [0.4, 0.5) is 13.2 Å². The van der Waals surface area contributed by atoms with Crippen LogP contribution >= 0.6 is 0 Å². The zero-order chi connectivity index (χ0) is 16.2. The summed E-state index contributed by atoms with van der Waals surface area (Å²) >= 11 is 0. The van der Waals surface area contributed by atoms with Gasteiger partial charge in [-0.3, -0.25) is 9.59 Å². The number of ether oxygens (including phenoxy) is 1. The Morgan fingerprint density at radius 2 is 1.77 bits per heavy atom. The average Bonchev–Trinajstić information content (AvgIpc) is 2.87. The van der Waals surface area contributed by atoms with E-state index in [1.54, 1.807) is 4.90 Å². The summed E-state index contributed by atoms with van der Waals surface area (Å²) in [4.78, 5) is 27.3. The lowest BCUT2D eigenvalue weighted by Gasteiger charge is -2.24. The maximum Gasteiger partial charge on any atom is 0.389 e. The van der Waals surface area contributed by atoms with Gasteiger partial charge in [0.1, 0.15) is 0 Å². The molecule has 2 saturated heterocycles. The van der Waals surface area contributed by atoms with Gasteiger partial charge in [-0.2, -0.15) is 13.2 Å². The van der Waals surface area contributed by atoms with Gasteiger partial charge in [-0.05, 0) is 12.8 Å². The van der Waals surface area contributed by atoms with E-state index in [4.69, 9.17) is 4.74 Å². The molecule has 0 bridgehead atoms. The quantitative estimate of drug-likeness (QED) is 0.790. The van der Waals surface area contributed by atoms with E-state index in [-0.39, 0.29) is 11.8 Å². The van der Waals surface area contributed by atoms with Gasteiger partial charge in [-0.15, -0.1) is 0 Å². The minimum atomic E-state index is -4.31. The fourth-order valence-electron chi connectivity index (χ4n) is 2.78. The number of carbonyl (C=O) groups is 2. The summed E-state index contributed by atoms with van der Waals surface area (Å²) < 4.78 is 41.7. The van der Waals surface area contributed by atoms with Crippen molar-refractivity contribution >= 4 is 11.8 Å². The molecule has 1 atom stereocenters. The summed E-state index contributed by atoms with van der Waals surface area (Å²) in [5.74, 6) is -0.578. The first-order valence-electron chi connectivity index (χ1n) is 7.58. The van der Waals surface area contributed by atoms with Crippen LogP contribution < -0.4 is 0 Å². The first kappa shape index (κ1) is 17.1. The van der Waals surface area contributed by atoms with Crippen LogP contribution in [0.15, 0.2) is 0 Å². The minimum Gasteiger partial charge on any atom is -0.381 e. The Labute approximate surface area is 127 Å². The monoisotopic (exact) mass is 322 g/mol. The van der Waals surface area contributed by atoms with Crippen LogP contribution in [0.25, 0.3) is 0 Å². The van der Waals surface area contributed by atoms with Gasteiger partial charge in [0.05, 0.1) is 18.9 Å². The predicted octanol–water partition coefficient (Wildman–Crippen LogP) is 1.43. The molecule has 1 unspecified atom stereocenters. The highest BCUT2D eigenvalue weighted by Gasteiger charge is 2.31. The topological polar surface area (TPSA) is 49.9 Å². The summed E-state index contributed by atoms with van der Waals surface area (Å²) in [7, 11) is 0. The van der Waals surface area contributed by atoms with Crippen LogP contribution in [0.1, 0.15) is 25.7 Å². The molecule has 22 heavy (non-hydrogen) atoms. The Morgan fingerprint density at radius 3 is 2.41 bits per heavy atom. The molecule has 126 valence electrons. The summed E-state index contributed by atoms with van der Waals surface area (Å²) in [6, 6.07) is 0. The molecule has 5 nitrogen and oxygen atoms in total. The van der Waals surface area contributed by atoms with Crippen LogP contribution in [0.3, 0.4) is 0 Å². The van der Waals surface area contributed by atoms with Gasteiger partial charge in [0.15, 0.2) is 0 Å². The molecule has 8 heteroatoms. The van der Waals surface area contributed by atoms with Gasteiger partial charge in [0, 0.05) is 39.2 Å². The molecule has 0 aromatic carbocycles. The zero-order valence-corrected chi connectivity index (χ0v) is 12.4. The smallest absolute Gasteiger partial charge is 0.381 e. The molecule has 2 rings (SSSR count). The Bertz CT molecular complexity index is 409. The van der Waals surface area contributed by atoms with Crippen LogP contribution in [-0.2, 0) is 14.3 Å². The first-order chi connectivity index (χ1) is 10.4. The molecule has 2 fully saturated rings. The Balaban J connectivity index is 1.81. The molecule has 0 aliphatic carbocycles. The van der Waals surface area contributed by atoms with Crippen LogP contribution in [0.2, 0.25) is 0 Å². The van der Waals surface area contributed by atoms with E-state index in [2.05, 4.69) is 0 Å². The Morgan fingerprint density at radius 1 is 1.09 bits per heavy atom. The number of carbonyl (C=O) groups excluding carboxylic acids is 2. The normalized spacial score (nSPS) is 23.5. The number of nitrogens with zero attached hydrogens (tertiary/aromatic N) is 2. The van der Waals surface area contributed by atoms with Crippen LogP contribution in [0.5, 0.6) is 0 Å². The first-order valence-corrected chi connectivity index (χ1v) is 7.58. The van der Waals surface area contributed by atoms with Crippen molar-refractivity contribution in [2.45, 2.75) is 31.9 Å². The molecule has 2 heterocycles. The van der Waals surface area contributed by atoms with E-state index in [0.717, 1.165) is 0 Å². The molecule has 0 aromatic heterocycles. The minimum absolute atomic E-state index is 0.0297. The van der Waals surface area contributed by atoms with Gasteiger partial charge in [-0.25, -0.2) is 0 Å². The van der Waals surface area contributed by atoms with Gasteiger partial charge in [-0.1, -0.05) is 0 Å². The second-order valence-electron chi connectivity index (χ2n) is 5.74. The lowest BCUT2D eigenvalue weighted by molar-refractivity contribution is -0.149. The molecule has 2 aliphatic rings. The number of hydrogen-bond acceptors (Lipinski definition) is 3. The summed E-state index contributed by atoms with van der Waals surface area (Å²) in [5.41, 5.74) is 0. The number of amides is 2. The van der Waals surface area contributed by atoms with Crippen molar-refractivity contribution in [1.82, 2.24) is 9.80 Å². The standard InChI is InChI=1S/C14H21F3N2O3/c15-14(16,17)4-2-12(20)18-5-1-6-19(8-7-18)13(21)11-3-9-22-10-11/h11H,1-10H2. The van der Waals surface area contributed by atoms with Gasteiger partial charge in [0.25, 0.3) is 0 Å². The Kier molecular flexibility index (Phi) is 5.66. The summed E-state index contributed by atoms with van der Waals surface area (Å²) in [6.07, 6.45) is -4.62. The van der Waals surface area contributed by atoms with E-state index in [9.17, 15) is 22.8 Å². The molecule has 2 aliphatic heterocycles. The molecule has 0 N–H and O–H groups in total. The number of rotatable bonds is 3. The average molecular weight is 322 g/mol. The van der Waals surface area contributed by atoms with Crippen LogP contribution in [-0.4, -0.2) is 67.2 Å². The van der Waals surface area contributed by atoms with Gasteiger partial charge < -0.3 is 14.5 Å². The molecule has 0 radical (unpaired) electrons. The summed E-state index contributed by atoms with van der Waals surface area (Å²) in [5, 5.41) is 0. The van der Waals surface area contributed by atoms with Crippen LogP contribution in [0, 0.1) is 5.92 Å². The lowest BCUT2D eigenvalue weighted by Crippen LogP contribution is -2.40. The van der Waals surface area contributed by atoms with E-state index in [1.165, 1.54) is 4.90 Å². The highest BCUT2D eigenvalue weighted by Crippen LogP contribution is 2.22. The van der Waals surface area contributed by atoms with Crippen molar-refractivity contribution in [3.63, 3.8) is 0 Å². The number of halogens is 3. The maximum atomic E-state index is 12.3. The second-order valence-corrected chi connectivity index (χ2v) is 5.74. The highest BCUT2D eigenvalue weighted by molar-refractivity contribution is 5.80. The van der Waals surface area contributed by atoms with E-state index >= 15 is 0 Å². The highest BCUT2D eigenvalue weighted by atomic mass is 19.4. The van der Waals surface area contributed by atoms with Crippen molar-refractivity contribution in [3.05, 3.63) is 0 Å². The van der Waals surface area contributed by atoms with E-state index in [1.807, 2.05) is 0 Å². The SMILES string of the molecule is O=C(CCC(F)(F)F)N1CCCN(C(=O)C2CCOC2)CC1. The maximum absolute atomic E-state index is 12.3. The molecular weight excluding hydrogens is 301 g/mol. The zero-order valence-electron chi connectivity index (χ0n) is 12.4. The van der Waals surface area contributed by atoms with Crippen molar-refractivity contribution < 1.29 is 27.5 Å². The third kappa shape index (κ3) is 4.86. The predicted molar refractivity (Wildman–Crippen MR) is 72.0 cm³/mol. The lowest BCUT2D eigenvalue weighted by atomic mass is 10.1. The van der Waals surface area contributed by atoms with Crippen molar-refractivity contribution in [3.8, 4) is 0 Å². The molecule has 0 spiro atoms. The van der Waals surface area contributed by atoms with E-state index < -0.39 is 24.9 Å². The molecule has 2 amide bonds. The van der Waals surface area contributed by atoms with Gasteiger partial charge >= 0.3 is 6.18 Å².